The number of pyridine rings is 1. The maximum atomic E-state index is 5.55. The number of nitrogens with two attached hydrogens (primary N) is 1. The van der Waals surface area contributed by atoms with Crippen LogP contribution in [-0.2, 0) is 6.54 Å². The molecule has 2 aromatic heterocycles. The monoisotopic (exact) mass is 188 g/mol. The van der Waals surface area contributed by atoms with Gasteiger partial charge in [-0.25, -0.2) is 0 Å². The third-order valence-electron chi connectivity index (χ3n) is 2.74. The Labute approximate surface area is 81.8 Å². The third kappa shape index (κ3) is 1.11. The average molecular weight is 188 g/mol. The predicted octanol–water partition coefficient (Wildman–Crippen LogP) is 1.07. The fourth-order valence-corrected chi connectivity index (χ4v) is 1.77. The molecule has 0 aromatic carbocycles. The highest BCUT2D eigenvalue weighted by atomic mass is 15.2. The molecule has 3 rings (SSSR count). The minimum Gasteiger partial charge on any atom is -0.324 e. The van der Waals surface area contributed by atoms with Crippen LogP contribution in [0.4, 0.5) is 0 Å². The van der Waals surface area contributed by atoms with Crippen molar-refractivity contribution in [3.8, 4) is 0 Å². The topological polar surface area (TPSA) is 56.2 Å². The molecule has 0 atom stereocenters. The number of nitrogens with zero attached hydrogens (tertiary/aromatic N) is 3. The number of fused-ring (bicyclic) bond motifs is 1. The van der Waals surface area contributed by atoms with Gasteiger partial charge in [0.15, 0.2) is 11.5 Å². The molecule has 0 amide bonds. The molecule has 72 valence electrons. The van der Waals surface area contributed by atoms with Gasteiger partial charge >= 0.3 is 0 Å². The van der Waals surface area contributed by atoms with Gasteiger partial charge in [0.05, 0.1) is 6.54 Å². The van der Waals surface area contributed by atoms with Crippen molar-refractivity contribution in [2.24, 2.45) is 5.73 Å². The maximum absolute atomic E-state index is 5.55. The van der Waals surface area contributed by atoms with Crippen molar-refractivity contribution < 1.29 is 0 Å². The van der Waals surface area contributed by atoms with E-state index in [0.29, 0.717) is 6.54 Å². The molecule has 2 aromatic rings. The molecule has 0 aliphatic heterocycles. The minimum absolute atomic E-state index is 0.434. The SMILES string of the molecule is NCc1nnc2cc(C3CC3)ccn12. The molecular weight excluding hydrogens is 176 g/mol. The van der Waals surface area contributed by atoms with E-state index in [4.69, 9.17) is 5.73 Å². The van der Waals surface area contributed by atoms with E-state index in [1.807, 2.05) is 10.6 Å². The molecule has 0 unspecified atom stereocenters. The molecule has 4 nitrogen and oxygen atoms in total. The number of aromatic nitrogens is 3. The first kappa shape index (κ1) is 7.94. The Bertz CT molecular complexity index is 470. The Morgan fingerprint density at radius 1 is 1.43 bits per heavy atom. The lowest BCUT2D eigenvalue weighted by atomic mass is 10.2. The van der Waals surface area contributed by atoms with Crippen LogP contribution in [0.15, 0.2) is 18.3 Å². The second-order valence-corrected chi connectivity index (χ2v) is 3.78. The summed E-state index contributed by atoms with van der Waals surface area (Å²) in [5, 5.41) is 8.12. The second kappa shape index (κ2) is 2.78. The summed E-state index contributed by atoms with van der Waals surface area (Å²) < 4.78 is 1.95. The van der Waals surface area contributed by atoms with Crippen LogP contribution in [0.3, 0.4) is 0 Å². The van der Waals surface area contributed by atoms with Gasteiger partial charge in [0, 0.05) is 6.20 Å². The summed E-state index contributed by atoms with van der Waals surface area (Å²) in [6, 6.07) is 4.26. The molecule has 0 radical (unpaired) electrons. The molecule has 1 fully saturated rings. The standard InChI is InChI=1S/C10H12N4/c11-6-10-13-12-9-5-8(7-1-2-7)3-4-14(9)10/h3-5,7H,1-2,6,11H2. The Balaban J connectivity index is 2.15. The fraction of sp³-hybridized carbons (Fsp3) is 0.400. The van der Waals surface area contributed by atoms with Crippen molar-refractivity contribution in [3.63, 3.8) is 0 Å². The predicted molar refractivity (Wildman–Crippen MR) is 52.9 cm³/mol. The van der Waals surface area contributed by atoms with Crippen molar-refractivity contribution >= 4 is 5.65 Å². The van der Waals surface area contributed by atoms with E-state index in [9.17, 15) is 0 Å². The molecule has 0 bridgehead atoms. The first-order valence-electron chi connectivity index (χ1n) is 4.92. The van der Waals surface area contributed by atoms with Crippen molar-refractivity contribution in [2.45, 2.75) is 25.3 Å². The smallest absolute Gasteiger partial charge is 0.161 e. The molecule has 14 heavy (non-hydrogen) atoms. The summed E-state index contributed by atoms with van der Waals surface area (Å²) in [5.74, 6) is 1.58. The molecule has 2 N–H and O–H groups in total. The lowest BCUT2D eigenvalue weighted by molar-refractivity contribution is 0.881. The van der Waals surface area contributed by atoms with Crippen LogP contribution >= 0.6 is 0 Å². The highest BCUT2D eigenvalue weighted by Gasteiger charge is 2.23. The van der Waals surface area contributed by atoms with Gasteiger partial charge in [-0.3, -0.25) is 4.40 Å². The van der Waals surface area contributed by atoms with Gasteiger partial charge in [0.1, 0.15) is 0 Å². The summed E-state index contributed by atoms with van der Waals surface area (Å²) in [4.78, 5) is 0. The van der Waals surface area contributed by atoms with Crippen LogP contribution in [0.5, 0.6) is 0 Å². The normalized spacial score (nSPS) is 16.4. The van der Waals surface area contributed by atoms with Crippen LogP contribution in [0.25, 0.3) is 5.65 Å². The van der Waals surface area contributed by atoms with E-state index in [2.05, 4.69) is 22.3 Å². The molecule has 1 aliphatic carbocycles. The number of hydrogen-bond donors (Lipinski definition) is 1. The molecule has 1 aliphatic rings. The van der Waals surface area contributed by atoms with Crippen molar-refractivity contribution in [3.05, 3.63) is 29.7 Å². The van der Waals surface area contributed by atoms with Gasteiger partial charge in [0.2, 0.25) is 0 Å². The van der Waals surface area contributed by atoms with Crippen molar-refractivity contribution in [1.29, 1.82) is 0 Å². The lowest BCUT2D eigenvalue weighted by Gasteiger charge is -1.99. The number of rotatable bonds is 2. The maximum Gasteiger partial charge on any atom is 0.161 e. The van der Waals surface area contributed by atoms with Gasteiger partial charge in [-0.05, 0) is 36.5 Å². The van der Waals surface area contributed by atoms with Crippen LogP contribution in [0.1, 0.15) is 30.1 Å². The zero-order chi connectivity index (χ0) is 9.54. The van der Waals surface area contributed by atoms with Crippen molar-refractivity contribution in [2.75, 3.05) is 0 Å². The van der Waals surface area contributed by atoms with Crippen LogP contribution < -0.4 is 5.73 Å². The summed E-state index contributed by atoms with van der Waals surface area (Å²) >= 11 is 0. The summed E-state index contributed by atoms with van der Waals surface area (Å²) in [6.45, 7) is 0.434. The van der Waals surface area contributed by atoms with Crippen molar-refractivity contribution in [1.82, 2.24) is 14.6 Å². The van der Waals surface area contributed by atoms with E-state index in [1.165, 1.54) is 18.4 Å². The molecule has 4 heteroatoms. The van der Waals surface area contributed by atoms with Crippen LogP contribution in [0, 0.1) is 0 Å². The van der Waals surface area contributed by atoms with E-state index in [0.717, 1.165) is 17.4 Å². The van der Waals surface area contributed by atoms with Gasteiger partial charge < -0.3 is 5.73 Å². The summed E-state index contributed by atoms with van der Waals surface area (Å²) in [6.07, 6.45) is 4.65. The highest BCUT2D eigenvalue weighted by molar-refractivity contribution is 5.43. The van der Waals surface area contributed by atoms with E-state index >= 15 is 0 Å². The highest BCUT2D eigenvalue weighted by Crippen LogP contribution is 2.40. The van der Waals surface area contributed by atoms with Gasteiger partial charge in [0.25, 0.3) is 0 Å². The molecular formula is C10H12N4. The number of hydrogen-bond acceptors (Lipinski definition) is 3. The zero-order valence-electron chi connectivity index (χ0n) is 7.85. The van der Waals surface area contributed by atoms with Crippen LogP contribution in [0.2, 0.25) is 0 Å². The van der Waals surface area contributed by atoms with E-state index in [-0.39, 0.29) is 0 Å². The third-order valence-corrected chi connectivity index (χ3v) is 2.74. The molecule has 0 saturated heterocycles. The van der Waals surface area contributed by atoms with Gasteiger partial charge in [-0.2, -0.15) is 0 Å². The zero-order valence-corrected chi connectivity index (χ0v) is 7.85. The van der Waals surface area contributed by atoms with E-state index in [1.54, 1.807) is 0 Å². The summed E-state index contributed by atoms with van der Waals surface area (Å²) in [5.41, 5.74) is 7.84. The molecule has 0 spiro atoms. The Morgan fingerprint density at radius 3 is 3.00 bits per heavy atom. The molecule has 2 heterocycles. The minimum atomic E-state index is 0.434. The quantitative estimate of drug-likeness (QED) is 0.766. The lowest BCUT2D eigenvalue weighted by Crippen LogP contribution is -2.02. The van der Waals surface area contributed by atoms with Gasteiger partial charge in [-0.1, -0.05) is 0 Å². The van der Waals surface area contributed by atoms with Gasteiger partial charge in [-0.15, -0.1) is 10.2 Å². The first-order chi connectivity index (χ1) is 6.88. The Kier molecular flexibility index (Phi) is 1.58. The fourth-order valence-electron chi connectivity index (χ4n) is 1.77. The Hall–Kier alpha value is -1.42. The largest absolute Gasteiger partial charge is 0.324 e. The summed E-state index contributed by atoms with van der Waals surface area (Å²) in [7, 11) is 0. The second-order valence-electron chi connectivity index (χ2n) is 3.78. The van der Waals surface area contributed by atoms with Crippen LogP contribution in [-0.4, -0.2) is 14.6 Å². The average Bonchev–Trinajstić information content (AvgIpc) is 2.98. The Morgan fingerprint density at radius 2 is 2.29 bits per heavy atom. The van der Waals surface area contributed by atoms with E-state index < -0.39 is 0 Å². The molecule has 1 saturated carbocycles. The first-order valence-corrected chi connectivity index (χ1v) is 4.92.